The van der Waals surface area contributed by atoms with E-state index in [0.29, 0.717) is 22.9 Å². The number of halogens is 1. The first kappa shape index (κ1) is 21.0. The lowest BCUT2D eigenvalue weighted by molar-refractivity contribution is 0.0449. The Morgan fingerprint density at radius 2 is 1.91 bits per heavy atom. The SMILES string of the molecule is Nc1nccc(Sc2cnc(N3[C@H]4CC[C@@H]3C[C@]3(CC4)Oc4ccccc4[C@H]3N)cn2)c1Cl. The van der Waals surface area contributed by atoms with Crippen LogP contribution in [0.4, 0.5) is 11.6 Å². The van der Waals surface area contributed by atoms with Crippen molar-refractivity contribution < 1.29 is 4.74 Å². The molecule has 3 aromatic rings. The Labute approximate surface area is 201 Å². The summed E-state index contributed by atoms with van der Waals surface area (Å²) in [5.41, 5.74) is 13.4. The predicted octanol–water partition coefficient (Wildman–Crippen LogP) is 4.61. The lowest BCUT2D eigenvalue weighted by Crippen LogP contribution is -2.45. The second-order valence-electron chi connectivity index (χ2n) is 9.04. The average molecular weight is 481 g/mol. The van der Waals surface area contributed by atoms with Crippen molar-refractivity contribution in [1.29, 1.82) is 0 Å². The quantitative estimate of drug-likeness (QED) is 0.560. The minimum Gasteiger partial charge on any atom is -0.485 e. The minimum atomic E-state index is -0.344. The van der Waals surface area contributed by atoms with Gasteiger partial charge < -0.3 is 21.1 Å². The molecule has 7 nitrogen and oxygen atoms in total. The van der Waals surface area contributed by atoms with Gasteiger partial charge >= 0.3 is 0 Å². The summed E-state index contributed by atoms with van der Waals surface area (Å²) in [6.45, 7) is 0. The summed E-state index contributed by atoms with van der Waals surface area (Å²) in [6.07, 6.45) is 10.5. The molecule has 33 heavy (non-hydrogen) atoms. The Balaban J connectivity index is 1.23. The van der Waals surface area contributed by atoms with Gasteiger partial charge in [0.25, 0.3) is 0 Å². The van der Waals surface area contributed by atoms with Crippen LogP contribution in [0.1, 0.15) is 43.7 Å². The summed E-state index contributed by atoms with van der Waals surface area (Å²) >= 11 is 7.71. The molecule has 0 aliphatic carbocycles. The predicted molar refractivity (Wildman–Crippen MR) is 130 cm³/mol. The highest BCUT2D eigenvalue weighted by Crippen LogP contribution is 2.51. The van der Waals surface area contributed by atoms with Gasteiger partial charge in [-0.05, 0) is 37.8 Å². The van der Waals surface area contributed by atoms with Crippen LogP contribution in [0.3, 0.4) is 0 Å². The van der Waals surface area contributed by atoms with Gasteiger partial charge in [-0.15, -0.1) is 0 Å². The number of fused-ring (bicyclic) bond motifs is 3. The van der Waals surface area contributed by atoms with Gasteiger partial charge in [-0.2, -0.15) is 0 Å². The second-order valence-corrected chi connectivity index (χ2v) is 10.5. The fourth-order valence-corrected chi connectivity index (χ4v) is 6.62. The second kappa shape index (κ2) is 8.04. The zero-order chi connectivity index (χ0) is 22.6. The third-order valence-corrected chi connectivity index (χ3v) is 8.70. The molecule has 170 valence electrons. The lowest BCUT2D eigenvalue weighted by atomic mass is 9.80. The van der Waals surface area contributed by atoms with Crippen LogP contribution in [0, 0.1) is 0 Å². The number of anilines is 2. The molecule has 4 atom stereocenters. The zero-order valence-corrected chi connectivity index (χ0v) is 19.6. The standard InChI is InChI=1S/C24H25ClN6OS/c25-21-18(8-10-28-23(21)27)33-20-13-29-19(12-30-20)31-14-5-6-15(31)11-24(9-7-14)22(26)16-3-1-2-4-17(16)32-24/h1-4,8,10,12-15,22H,5-7,9,11,26H2,(H2,27,28)/t14-,15+,22+,24-/m0/s1. The minimum absolute atomic E-state index is 0.0997. The van der Waals surface area contributed by atoms with E-state index in [0.717, 1.165) is 59.2 Å². The maximum Gasteiger partial charge on any atom is 0.147 e. The van der Waals surface area contributed by atoms with Crippen molar-refractivity contribution in [3.05, 3.63) is 59.5 Å². The van der Waals surface area contributed by atoms with Crippen molar-refractivity contribution >= 4 is 35.0 Å². The van der Waals surface area contributed by atoms with Crippen LogP contribution in [0.25, 0.3) is 0 Å². The smallest absolute Gasteiger partial charge is 0.147 e. The van der Waals surface area contributed by atoms with Crippen LogP contribution in [0.5, 0.6) is 5.75 Å². The Kier molecular flexibility index (Phi) is 5.12. The Morgan fingerprint density at radius 3 is 2.73 bits per heavy atom. The molecule has 6 rings (SSSR count). The molecule has 2 bridgehead atoms. The van der Waals surface area contributed by atoms with E-state index in [1.165, 1.54) is 11.8 Å². The van der Waals surface area contributed by atoms with E-state index in [4.69, 9.17) is 32.8 Å². The molecule has 1 aromatic carbocycles. The molecule has 2 aromatic heterocycles. The Bertz CT molecular complexity index is 1190. The van der Waals surface area contributed by atoms with Gasteiger partial charge in [0.1, 0.15) is 28.0 Å². The van der Waals surface area contributed by atoms with Gasteiger partial charge in [-0.3, -0.25) is 0 Å². The molecule has 5 heterocycles. The summed E-state index contributed by atoms with van der Waals surface area (Å²) in [5.74, 6) is 2.16. The fraction of sp³-hybridized carbons (Fsp3) is 0.375. The number of hydrogen-bond donors (Lipinski definition) is 2. The third-order valence-electron chi connectivity index (χ3n) is 7.21. The van der Waals surface area contributed by atoms with Crippen LogP contribution >= 0.6 is 23.4 Å². The van der Waals surface area contributed by atoms with Gasteiger partial charge in [-0.25, -0.2) is 15.0 Å². The number of ether oxygens (including phenoxy) is 1. The highest BCUT2D eigenvalue weighted by atomic mass is 35.5. The van der Waals surface area contributed by atoms with Crippen LogP contribution in [-0.4, -0.2) is 32.6 Å². The summed E-state index contributed by atoms with van der Waals surface area (Å²) < 4.78 is 6.55. The molecule has 3 aliphatic rings. The van der Waals surface area contributed by atoms with E-state index < -0.39 is 0 Å². The van der Waals surface area contributed by atoms with E-state index >= 15 is 0 Å². The number of rotatable bonds is 3. The van der Waals surface area contributed by atoms with E-state index in [2.05, 4.69) is 20.9 Å². The van der Waals surface area contributed by atoms with Crippen molar-refractivity contribution in [3.63, 3.8) is 0 Å². The van der Waals surface area contributed by atoms with E-state index in [1.807, 2.05) is 30.5 Å². The van der Waals surface area contributed by atoms with Gasteiger partial charge in [0, 0.05) is 35.2 Å². The summed E-state index contributed by atoms with van der Waals surface area (Å²) in [5, 5.41) is 1.21. The molecular formula is C24H25ClN6OS. The lowest BCUT2D eigenvalue weighted by Gasteiger charge is -2.35. The van der Waals surface area contributed by atoms with Crippen molar-refractivity contribution in [2.45, 2.75) is 65.8 Å². The number of benzene rings is 1. The van der Waals surface area contributed by atoms with Crippen molar-refractivity contribution in [1.82, 2.24) is 15.0 Å². The monoisotopic (exact) mass is 480 g/mol. The normalized spacial score (nSPS) is 27.9. The van der Waals surface area contributed by atoms with Crippen LogP contribution in [-0.2, 0) is 0 Å². The van der Waals surface area contributed by atoms with Gasteiger partial charge in [0.15, 0.2) is 0 Å². The van der Waals surface area contributed by atoms with Gasteiger partial charge in [0.05, 0.1) is 23.5 Å². The maximum atomic E-state index is 6.76. The van der Waals surface area contributed by atoms with E-state index in [9.17, 15) is 0 Å². The van der Waals surface area contributed by atoms with Gasteiger partial charge in [-0.1, -0.05) is 41.6 Å². The fourth-order valence-electron chi connectivity index (χ4n) is 5.63. The van der Waals surface area contributed by atoms with Gasteiger partial charge in [0.2, 0.25) is 0 Å². The highest BCUT2D eigenvalue weighted by molar-refractivity contribution is 7.99. The third kappa shape index (κ3) is 3.52. The zero-order valence-electron chi connectivity index (χ0n) is 18.0. The van der Waals surface area contributed by atoms with Crippen molar-refractivity contribution in [3.8, 4) is 5.75 Å². The summed E-state index contributed by atoms with van der Waals surface area (Å²) in [6, 6.07) is 10.7. The molecule has 4 N–H and O–H groups in total. The maximum absolute atomic E-state index is 6.76. The van der Waals surface area contributed by atoms with E-state index in [-0.39, 0.29) is 11.6 Å². The number of hydrogen-bond acceptors (Lipinski definition) is 8. The summed E-state index contributed by atoms with van der Waals surface area (Å²) in [7, 11) is 0. The molecule has 3 aliphatic heterocycles. The number of para-hydroxylation sites is 1. The molecule has 0 amide bonds. The van der Waals surface area contributed by atoms with Crippen molar-refractivity contribution in [2.75, 3.05) is 10.6 Å². The number of nitrogens with two attached hydrogens (primary N) is 2. The largest absolute Gasteiger partial charge is 0.485 e. The first-order valence-electron chi connectivity index (χ1n) is 11.3. The number of aromatic nitrogens is 3. The van der Waals surface area contributed by atoms with Crippen molar-refractivity contribution in [2.24, 2.45) is 5.73 Å². The topological polar surface area (TPSA) is 103 Å². The molecule has 2 fully saturated rings. The molecule has 0 saturated carbocycles. The average Bonchev–Trinajstić information content (AvgIpc) is 3.28. The number of nitrogens with zero attached hydrogens (tertiary/aromatic N) is 4. The molecule has 0 unspecified atom stereocenters. The number of pyridine rings is 1. The first-order valence-corrected chi connectivity index (χ1v) is 12.5. The molecule has 2 saturated heterocycles. The van der Waals surface area contributed by atoms with Crippen LogP contribution < -0.4 is 21.1 Å². The molecule has 0 radical (unpaired) electrons. The number of nitrogen functional groups attached to an aromatic ring is 1. The highest BCUT2D eigenvalue weighted by Gasteiger charge is 2.53. The Morgan fingerprint density at radius 1 is 1.06 bits per heavy atom. The molecule has 9 heteroatoms. The summed E-state index contributed by atoms with van der Waals surface area (Å²) in [4.78, 5) is 16.7. The molecular weight excluding hydrogens is 456 g/mol. The van der Waals surface area contributed by atoms with Crippen LogP contribution in [0.15, 0.2) is 58.8 Å². The Hall–Kier alpha value is -2.55. The first-order chi connectivity index (χ1) is 16.0. The van der Waals surface area contributed by atoms with Crippen LogP contribution in [0.2, 0.25) is 5.02 Å². The molecule has 1 spiro atoms. The van der Waals surface area contributed by atoms with E-state index in [1.54, 1.807) is 12.4 Å².